The first-order chi connectivity index (χ1) is 11.1. The molecule has 112 valence electrons. The van der Waals surface area contributed by atoms with E-state index < -0.39 is 23.1 Å². The van der Waals surface area contributed by atoms with Gasteiger partial charge in [-0.1, -0.05) is 24.3 Å². The number of rotatable bonds is 3. The third-order valence-corrected chi connectivity index (χ3v) is 3.44. The van der Waals surface area contributed by atoms with Crippen LogP contribution in [0.4, 0.5) is 4.39 Å². The van der Waals surface area contributed by atoms with Crippen LogP contribution in [0.3, 0.4) is 0 Å². The summed E-state index contributed by atoms with van der Waals surface area (Å²) in [6.07, 6.45) is 0. The summed E-state index contributed by atoms with van der Waals surface area (Å²) in [5, 5.41) is 9.66. The minimum atomic E-state index is -1.38. The van der Waals surface area contributed by atoms with E-state index in [1.165, 1.54) is 18.2 Å². The van der Waals surface area contributed by atoms with Crippen LogP contribution >= 0.6 is 0 Å². The van der Waals surface area contributed by atoms with Crippen molar-refractivity contribution < 1.29 is 9.18 Å². The number of halogens is 1. The highest BCUT2D eigenvalue weighted by Gasteiger charge is 2.26. The molecule has 0 aliphatic carbocycles. The van der Waals surface area contributed by atoms with E-state index in [4.69, 9.17) is 0 Å². The predicted molar refractivity (Wildman–Crippen MR) is 81.4 cm³/mol. The van der Waals surface area contributed by atoms with Gasteiger partial charge in [0, 0.05) is 0 Å². The first-order valence-corrected chi connectivity index (χ1v) is 6.79. The molecule has 0 saturated carbocycles. The van der Waals surface area contributed by atoms with Crippen molar-refractivity contribution in [3.8, 4) is 6.07 Å². The molecule has 1 heterocycles. The molecular weight excluding hydrogens is 297 g/mol. The number of aromatic amines is 1. The van der Waals surface area contributed by atoms with Gasteiger partial charge in [-0.05, 0) is 24.3 Å². The van der Waals surface area contributed by atoms with Crippen molar-refractivity contribution in [2.75, 3.05) is 0 Å². The predicted octanol–water partition coefficient (Wildman–Crippen LogP) is 2.55. The van der Waals surface area contributed by atoms with E-state index >= 15 is 0 Å². The first-order valence-electron chi connectivity index (χ1n) is 6.79. The Hall–Kier alpha value is -3.33. The van der Waals surface area contributed by atoms with E-state index in [0.29, 0.717) is 10.9 Å². The summed E-state index contributed by atoms with van der Waals surface area (Å²) in [5.41, 5.74) is -0.296. The third kappa shape index (κ3) is 2.60. The summed E-state index contributed by atoms with van der Waals surface area (Å²) >= 11 is 0. The van der Waals surface area contributed by atoms with Gasteiger partial charge in [0.15, 0.2) is 11.7 Å². The number of benzene rings is 2. The van der Waals surface area contributed by atoms with Crippen LogP contribution in [-0.4, -0.2) is 15.8 Å². The number of aromatic nitrogens is 2. The van der Waals surface area contributed by atoms with Crippen LogP contribution in [0.2, 0.25) is 0 Å². The second-order valence-corrected chi connectivity index (χ2v) is 4.87. The van der Waals surface area contributed by atoms with Crippen LogP contribution in [0, 0.1) is 17.1 Å². The van der Waals surface area contributed by atoms with Gasteiger partial charge in [0.1, 0.15) is 11.6 Å². The molecule has 0 radical (unpaired) electrons. The molecule has 0 saturated heterocycles. The molecule has 6 heteroatoms. The van der Waals surface area contributed by atoms with Crippen molar-refractivity contribution in [1.29, 1.82) is 5.26 Å². The van der Waals surface area contributed by atoms with Gasteiger partial charge in [-0.3, -0.25) is 9.59 Å². The Morgan fingerprint density at radius 2 is 1.87 bits per heavy atom. The van der Waals surface area contributed by atoms with Crippen molar-refractivity contribution in [2.45, 2.75) is 5.92 Å². The van der Waals surface area contributed by atoms with E-state index in [1.807, 2.05) is 0 Å². The molecule has 2 aromatic carbocycles. The molecule has 0 aliphatic heterocycles. The van der Waals surface area contributed by atoms with Crippen molar-refractivity contribution in [1.82, 2.24) is 9.97 Å². The maximum atomic E-state index is 13.8. The SMILES string of the molecule is N#CC(C(=O)c1ccccc1F)c1nc2ccccc2c(=O)[nH]1. The molecule has 3 rings (SSSR count). The van der Waals surface area contributed by atoms with Crippen LogP contribution in [0.1, 0.15) is 22.1 Å². The Morgan fingerprint density at radius 3 is 2.61 bits per heavy atom. The topological polar surface area (TPSA) is 86.6 Å². The van der Waals surface area contributed by atoms with Gasteiger partial charge >= 0.3 is 0 Å². The summed E-state index contributed by atoms with van der Waals surface area (Å²) in [7, 11) is 0. The van der Waals surface area contributed by atoms with Crippen molar-refractivity contribution in [2.24, 2.45) is 0 Å². The smallest absolute Gasteiger partial charge is 0.258 e. The van der Waals surface area contributed by atoms with E-state index in [0.717, 1.165) is 6.07 Å². The summed E-state index contributed by atoms with van der Waals surface area (Å²) in [4.78, 5) is 31.1. The Bertz CT molecular complexity index is 1000. The van der Waals surface area contributed by atoms with Crippen LogP contribution in [0.25, 0.3) is 10.9 Å². The maximum Gasteiger partial charge on any atom is 0.258 e. The maximum absolute atomic E-state index is 13.8. The van der Waals surface area contributed by atoms with Gasteiger partial charge in [0.05, 0.1) is 22.5 Å². The molecule has 1 aromatic heterocycles. The molecule has 23 heavy (non-hydrogen) atoms. The normalized spacial score (nSPS) is 11.8. The molecule has 3 aromatic rings. The molecule has 0 spiro atoms. The van der Waals surface area contributed by atoms with E-state index in [2.05, 4.69) is 9.97 Å². The number of H-pyrrole nitrogens is 1. The highest BCUT2D eigenvalue weighted by Crippen LogP contribution is 2.20. The number of nitrogens with zero attached hydrogens (tertiary/aromatic N) is 2. The second kappa shape index (κ2) is 5.81. The summed E-state index contributed by atoms with van der Waals surface area (Å²) in [6.45, 7) is 0. The van der Waals surface area contributed by atoms with Crippen LogP contribution in [-0.2, 0) is 0 Å². The zero-order valence-corrected chi connectivity index (χ0v) is 11.8. The Kier molecular flexibility index (Phi) is 3.69. The summed E-state index contributed by atoms with van der Waals surface area (Å²) in [6, 6.07) is 13.7. The second-order valence-electron chi connectivity index (χ2n) is 4.87. The van der Waals surface area contributed by atoms with E-state index in [1.54, 1.807) is 30.3 Å². The Morgan fingerprint density at radius 1 is 1.17 bits per heavy atom. The lowest BCUT2D eigenvalue weighted by Gasteiger charge is -2.09. The van der Waals surface area contributed by atoms with E-state index in [-0.39, 0.29) is 11.4 Å². The van der Waals surface area contributed by atoms with Crippen molar-refractivity contribution in [3.63, 3.8) is 0 Å². The quantitative estimate of drug-likeness (QED) is 0.753. The molecule has 1 unspecified atom stereocenters. The highest BCUT2D eigenvalue weighted by atomic mass is 19.1. The minimum absolute atomic E-state index is 0.0931. The highest BCUT2D eigenvalue weighted by molar-refractivity contribution is 6.02. The molecule has 1 N–H and O–H groups in total. The molecule has 5 nitrogen and oxygen atoms in total. The Balaban J connectivity index is 2.12. The molecular formula is C17H10FN3O2. The number of carbonyl (C=O) groups excluding carboxylic acids is 1. The van der Waals surface area contributed by atoms with Crippen molar-refractivity contribution >= 4 is 16.7 Å². The van der Waals surface area contributed by atoms with Crippen LogP contribution < -0.4 is 5.56 Å². The number of hydrogen-bond donors (Lipinski definition) is 1. The summed E-state index contributed by atoms with van der Waals surface area (Å²) in [5.74, 6) is -2.95. The zero-order chi connectivity index (χ0) is 16.4. The van der Waals surface area contributed by atoms with Crippen LogP contribution in [0.15, 0.2) is 53.3 Å². The van der Waals surface area contributed by atoms with Crippen LogP contribution in [0.5, 0.6) is 0 Å². The average molecular weight is 307 g/mol. The number of Topliss-reactive ketones (excluding diaryl/α,β-unsaturated/α-hetero) is 1. The fourth-order valence-corrected chi connectivity index (χ4v) is 2.30. The Labute approximate surface area is 130 Å². The number of fused-ring (bicyclic) bond motifs is 1. The van der Waals surface area contributed by atoms with Gasteiger partial charge in [-0.15, -0.1) is 0 Å². The zero-order valence-electron chi connectivity index (χ0n) is 11.8. The molecule has 0 amide bonds. The summed E-state index contributed by atoms with van der Waals surface area (Å²) < 4.78 is 13.8. The van der Waals surface area contributed by atoms with Gasteiger partial charge in [-0.25, -0.2) is 9.37 Å². The first kappa shape index (κ1) is 14.6. The van der Waals surface area contributed by atoms with Gasteiger partial charge in [0.25, 0.3) is 5.56 Å². The minimum Gasteiger partial charge on any atom is -0.308 e. The van der Waals surface area contributed by atoms with Gasteiger partial charge in [0.2, 0.25) is 0 Å². The molecule has 1 atom stereocenters. The number of nitriles is 1. The number of ketones is 1. The number of para-hydroxylation sites is 1. The molecule has 0 bridgehead atoms. The fraction of sp³-hybridized carbons (Fsp3) is 0.0588. The fourth-order valence-electron chi connectivity index (χ4n) is 2.30. The average Bonchev–Trinajstić information content (AvgIpc) is 2.56. The molecule has 0 aliphatic rings. The number of carbonyl (C=O) groups is 1. The lowest BCUT2D eigenvalue weighted by Crippen LogP contribution is -2.20. The van der Waals surface area contributed by atoms with E-state index in [9.17, 15) is 19.2 Å². The van der Waals surface area contributed by atoms with Gasteiger partial charge in [-0.2, -0.15) is 5.26 Å². The van der Waals surface area contributed by atoms with Gasteiger partial charge < -0.3 is 4.98 Å². The lowest BCUT2D eigenvalue weighted by molar-refractivity contribution is 0.0972. The monoisotopic (exact) mass is 307 g/mol. The number of nitrogens with one attached hydrogen (secondary N) is 1. The molecule has 0 fully saturated rings. The third-order valence-electron chi connectivity index (χ3n) is 3.44. The number of hydrogen-bond acceptors (Lipinski definition) is 4. The largest absolute Gasteiger partial charge is 0.308 e. The van der Waals surface area contributed by atoms with Crippen molar-refractivity contribution in [3.05, 3.63) is 76.1 Å². The standard InChI is InChI=1S/C17H10FN3O2/c18-13-7-3-1-5-10(13)15(22)12(9-19)16-20-14-8-4-2-6-11(14)17(23)21-16/h1-8,12H,(H,20,21,23). The lowest BCUT2D eigenvalue weighted by atomic mass is 9.97.